The summed E-state index contributed by atoms with van der Waals surface area (Å²) in [5.74, 6) is 2.78. The Hall–Kier alpha value is -3.13. The molecule has 1 N–H and O–H groups in total. The number of hydrogen-bond donors (Lipinski definition) is 1. The lowest BCUT2D eigenvalue weighted by molar-refractivity contribution is 0.288. The molecule has 3 rings (SSSR count). The summed E-state index contributed by atoms with van der Waals surface area (Å²) < 4.78 is 18.3. The number of methoxy groups -OCH3 is 1. The van der Waals surface area contributed by atoms with Gasteiger partial charge in [-0.2, -0.15) is 14.9 Å². The quantitative estimate of drug-likeness (QED) is 0.472. The topological polar surface area (TPSA) is 73.7 Å². The number of aromatic amines is 1. The highest BCUT2D eigenvalue weighted by Gasteiger charge is 2.07. The van der Waals surface area contributed by atoms with Crippen LogP contribution in [-0.4, -0.2) is 34.8 Å². The van der Waals surface area contributed by atoms with Crippen molar-refractivity contribution in [3.63, 3.8) is 0 Å². The molecule has 0 aliphatic heterocycles. The van der Waals surface area contributed by atoms with Crippen molar-refractivity contribution in [1.29, 1.82) is 0 Å². The zero-order valence-corrected chi connectivity index (χ0v) is 15.9. The number of ether oxygens (including phenoxy) is 3. The summed E-state index contributed by atoms with van der Waals surface area (Å²) in [7, 11) is 1.61. The summed E-state index contributed by atoms with van der Waals surface area (Å²) in [5, 5.41) is 11.3. The highest BCUT2D eigenvalue weighted by molar-refractivity contribution is 7.71. The number of hydrogen-bond acceptors (Lipinski definition) is 6. The molecule has 3 aromatic rings. The summed E-state index contributed by atoms with van der Waals surface area (Å²) in [5.41, 5.74) is 0.918. The first-order chi connectivity index (χ1) is 13.2. The second kappa shape index (κ2) is 9.00. The molecule has 1 aromatic heterocycles. The number of benzene rings is 2. The number of H-pyrrole nitrogens is 1. The van der Waals surface area contributed by atoms with E-state index in [0.29, 0.717) is 23.0 Å². The molecule has 2 aromatic carbocycles. The van der Waals surface area contributed by atoms with Crippen molar-refractivity contribution in [3.8, 4) is 17.2 Å². The lowest BCUT2D eigenvalue weighted by Crippen LogP contribution is -2.04. The molecule has 0 atom stereocenters. The van der Waals surface area contributed by atoms with Gasteiger partial charge in [-0.15, -0.1) is 0 Å². The minimum absolute atomic E-state index is 0.209. The molecule has 140 valence electrons. The molecule has 0 radical (unpaired) electrons. The van der Waals surface area contributed by atoms with Crippen molar-refractivity contribution < 1.29 is 14.2 Å². The number of rotatable bonds is 8. The highest BCUT2D eigenvalue weighted by atomic mass is 32.1. The van der Waals surface area contributed by atoms with E-state index in [1.54, 1.807) is 19.4 Å². The Morgan fingerprint density at radius 3 is 2.63 bits per heavy atom. The average molecular weight is 384 g/mol. The molecular weight excluding hydrogens is 364 g/mol. The summed E-state index contributed by atoms with van der Waals surface area (Å²) >= 11 is 5.25. The van der Waals surface area contributed by atoms with Crippen LogP contribution >= 0.6 is 12.2 Å². The van der Waals surface area contributed by atoms with Crippen molar-refractivity contribution in [2.75, 3.05) is 13.7 Å². The van der Waals surface area contributed by atoms with E-state index in [-0.39, 0.29) is 6.61 Å². The Kier molecular flexibility index (Phi) is 6.22. The van der Waals surface area contributed by atoms with Gasteiger partial charge in [0.2, 0.25) is 4.77 Å². The second-order valence-electron chi connectivity index (χ2n) is 5.47. The Bertz CT molecular complexity index is 964. The van der Waals surface area contributed by atoms with Crippen LogP contribution in [0, 0.1) is 4.77 Å². The molecule has 27 heavy (non-hydrogen) atoms. The van der Waals surface area contributed by atoms with Crippen LogP contribution in [0.5, 0.6) is 17.2 Å². The van der Waals surface area contributed by atoms with E-state index >= 15 is 0 Å². The van der Waals surface area contributed by atoms with E-state index in [2.05, 4.69) is 15.3 Å². The third-order valence-corrected chi connectivity index (χ3v) is 3.90. The molecule has 0 aliphatic rings. The van der Waals surface area contributed by atoms with E-state index in [1.807, 2.05) is 49.4 Å². The lowest BCUT2D eigenvalue weighted by atomic mass is 10.2. The Balaban J connectivity index is 1.71. The van der Waals surface area contributed by atoms with E-state index in [1.165, 1.54) is 4.68 Å². The zero-order valence-electron chi connectivity index (χ0n) is 15.1. The molecule has 0 fully saturated rings. The maximum absolute atomic E-state index is 5.76. The van der Waals surface area contributed by atoms with Crippen molar-refractivity contribution in [2.45, 2.75) is 13.5 Å². The fraction of sp³-hybridized carbons (Fsp3) is 0.211. The molecule has 1 heterocycles. The molecule has 0 bridgehead atoms. The predicted molar refractivity (Wildman–Crippen MR) is 105 cm³/mol. The first-order valence-electron chi connectivity index (χ1n) is 8.40. The van der Waals surface area contributed by atoms with Gasteiger partial charge in [0, 0.05) is 6.07 Å². The average Bonchev–Trinajstić information content (AvgIpc) is 3.06. The maximum Gasteiger partial charge on any atom is 0.216 e. The van der Waals surface area contributed by atoms with Crippen molar-refractivity contribution >= 4 is 18.4 Å². The number of nitrogens with one attached hydrogen (secondary N) is 1. The summed E-state index contributed by atoms with van der Waals surface area (Å²) in [6, 6.07) is 15.0. The van der Waals surface area contributed by atoms with Crippen LogP contribution in [0.3, 0.4) is 0 Å². The van der Waals surface area contributed by atoms with Gasteiger partial charge in [-0.3, -0.25) is 0 Å². The predicted octanol–water partition coefficient (Wildman–Crippen LogP) is 3.81. The fourth-order valence-electron chi connectivity index (χ4n) is 2.32. The number of nitrogens with zero attached hydrogens (tertiary/aromatic N) is 3. The third-order valence-electron chi connectivity index (χ3n) is 3.64. The molecule has 0 saturated heterocycles. The second-order valence-corrected chi connectivity index (χ2v) is 5.86. The van der Waals surface area contributed by atoms with E-state index in [9.17, 15) is 0 Å². The monoisotopic (exact) mass is 384 g/mol. The Morgan fingerprint density at radius 1 is 1.11 bits per heavy atom. The SMILES string of the molecule is CCOc1ccc(/C=N\n2c(COc3cccc(OC)c3)n[nH]c2=S)cc1. The molecule has 0 saturated carbocycles. The van der Waals surface area contributed by atoms with Crippen LogP contribution in [0.1, 0.15) is 18.3 Å². The van der Waals surface area contributed by atoms with Gasteiger partial charge < -0.3 is 14.2 Å². The minimum atomic E-state index is 0.209. The summed E-state index contributed by atoms with van der Waals surface area (Å²) in [6.07, 6.45) is 1.70. The largest absolute Gasteiger partial charge is 0.497 e. The van der Waals surface area contributed by atoms with Crippen molar-refractivity contribution in [1.82, 2.24) is 14.9 Å². The van der Waals surface area contributed by atoms with Gasteiger partial charge in [0.15, 0.2) is 5.82 Å². The minimum Gasteiger partial charge on any atom is -0.497 e. The van der Waals surface area contributed by atoms with Crippen LogP contribution in [0.25, 0.3) is 0 Å². The van der Waals surface area contributed by atoms with Crippen LogP contribution in [-0.2, 0) is 6.61 Å². The van der Waals surface area contributed by atoms with Gasteiger partial charge in [0.25, 0.3) is 0 Å². The third kappa shape index (κ3) is 4.95. The molecular formula is C19H20N4O3S. The Labute approximate surface area is 162 Å². The molecule has 0 aliphatic carbocycles. The molecule has 0 amide bonds. The first kappa shape index (κ1) is 18.7. The van der Waals surface area contributed by atoms with Gasteiger partial charge in [-0.25, -0.2) is 5.10 Å². The molecule has 0 spiro atoms. The van der Waals surface area contributed by atoms with Gasteiger partial charge >= 0.3 is 0 Å². The highest BCUT2D eigenvalue weighted by Crippen LogP contribution is 2.19. The van der Waals surface area contributed by atoms with Gasteiger partial charge in [-0.1, -0.05) is 6.07 Å². The summed E-state index contributed by atoms with van der Waals surface area (Å²) in [6.45, 7) is 2.79. The molecule has 7 nitrogen and oxygen atoms in total. The normalized spacial score (nSPS) is 10.9. The fourth-order valence-corrected chi connectivity index (χ4v) is 2.51. The smallest absolute Gasteiger partial charge is 0.216 e. The van der Waals surface area contributed by atoms with Crippen LogP contribution in [0.4, 0.5) is 0 Å². The maximum atomic E-state index is 5.76. The molecule has 8 heteroatoms. The molecule has 0 unspecified atom stereocenters. The standard InChI is InChI=1S/C19H20N4O3S/c1-3-25-15-9-7-14(8-10-15)12-20-23-18(21-22-19(23)27)13-26-17-6-4-5-16(11-17)24-2/h4-12H,3,13H2,1-2H3,(H,22,27)/b20-12-. The lowest BCUT2D eigenvalue weighted by Gasteiger charge is -2.07. The summed E-state index contributed by atoms with van der Waals surface area (Å²) in [4.78, 5) is 0. The Morgan fingerprint density at radius 2 is 1.89 bits per heavy atom. The van der Waals surface area contributed by atoms with E-state index < -0.39 is 0 Å². The zero-order chi connectivity index (χ0) is 19.1. The van der Waals surface area contributed by atoms with Crippen LogP contribution < -0.4 is 14.2 Å². The van der Waals surface area contributed by atoms with Gasteiger partial charge in [-0.05, 0) is 61.1 Å². The van der Waals surface area contributed by atoms with Crippen LogP contribution in [0.15, 0.2) is 53.6 Å². The first-order valence-corrected chi connectivity index (χ1v) is 8.81. The van der Waals surface area contributed by atoms with Crippen molar-refractivity contribution in [2.24, 2.45) is 5.10 Å². The van der Waals surface area contributed by atoms with Crippen molar-refractivity contribution in [3.05, 3.63) is 64.7 Å². The van der Waals surface area contributed by atoms with E-state index in [0.717, 1.165) is 17.1 Å². The number of aromatic nitrogens is 3. The van der Waals surface area contributed by atoms with Crippen LogP contribution in [0.2, 0.25) is 0 Å². The van der Waals surface area contributed by atoms with E-state index in [4.69, 9.17) is 26.4 Å². The van der Waals surface area contributed by atoms with Gasteiger partial charge in [0.05, 0.1) is 19.9 Å². The van der Waals surface area contributed by atoms with Gasteiger partial charge in [0.1, 0.15) is 23.9 Å².